The Labute approximate surface area is 198 Å². The summed E-state index contributed by atoms with van der Waals surface area (Å²) in [7, 11) is -1.62. The fraction of sp³-hybridized carbons (Fsp3) is 0.0526. The van der Waals surface area contributed by atoms with Crippen LogP contribution in [0.3, 0.4) is 0 Å². The smallest absolute Gasteiger partial charge is 0.289 e. The predicted octanol–water partition coefficient (Wildman–Crippen LogP) is 3.93. The van der Waals surface area contributed by atoms with Crippen molar-refractivity contribution in [2.75, 3.05) is 11.8 Å². The van der Waals surface area contributed by atoms with E-state index in [-0.39, 0.29) is 10.6 Å². The van der Waals surface area contributed by atoms with Gasteiger partial charge in [0, 0.05) is 28.5 Å². The molecule has 3 rings (SSSR count). The summed E-state index contributed by atoms with van der Waals surface area (Å²) in [4.78, 5) is 18.9. The molecule has 0 saturated heterocycles. The van der Waals surface area contributed by atoms with Gasteiger partial charge in [0.05, 0.1) is 17.0 Å². The van der Waals surface area contributed by atoms with Crippen LogP contribution in [-0.4, -0.2) is 33.8 Å². The zero-order chi connectivity index (χ0) is 25.5. The maximum Gasteiger partial charge on any atom is 0.289 e. The van der Waals surface area contributed by atoms with E-state index in [9.17, 15) is 37.1 Å². The topological polar surface area (TPSA) is 176 Å². The van der Waals surface area contributed by atoms with Gasteiger partial charge in [0.25, 0.3) is 30.4 Å². The summed E-state index contributed by atoms with van der Waals surface area (Å²) in [6.07, 6.45) is 0. The van der Waals surface area contributed by atoms with E-state index in [1.54, 1.807) is 12.1 Å². The molecule has 0 bridgehead atoms. The van der Waals surface area contributed by atoms with Gasteiger partial charge in [-0.25, -0.2) is 16.8 Å². The maximum atomic E-state index is 12.2. The molecule has 15 heteroatoms. The first-order chi connectivity index (χ1) is 15.9. The lowest BCUT2D eigenvalue weighted by atomic mass is 10.3. The average molecular weight is 530 g/mol. The van der Waals surface area contributed by atoms with Crippen LogP contribution < -0.4 is 9.46 Å². The molecule has 0 heterocycles. The Morgan fingerprint density at radius 1 is 0.765 bits per heavy atom. The van der Waals surface area contributed by atoms with E-state index in [0.717, 1.165) is 18.2 Å². The average Bonchev–Trinajstić information content (AvgIpc) is 2.79. The van der Waals surface area contributed by atoms with Crippen LogP contribution in [0.15, 0.2) is 82.6 Å². The number of hydrogen-bond donors (Lipinski definition) is 1. The van der Waals surface area contributed by atoms with Crippen molar-refractivity contribution in [3.05, 3.63) is 93.0 Å². The van der Waals surface area contributed by atoms with Crippen molar-refractivity contribution < 1.29 is 31.4 Å². The Balaban J connectivity index is 0.000000270. The zero-order valence-corrected chi connectivity index (χ0v) is 19.6. The van der Waals surface area contributed by atoms with E-state index in [1.807, 2.05) is 0 Å². The molecule has 3 aromatic carbocycles. The van der Waals surface area contributed by atoms with Crippen LogP contribution in [0.25, 0.3) is 0 Å². The number of nitrogens with zero attached hydrogens (tertiary/aromatic N) is 2. The normalized spacial score (nSPS) is 11.0. The summed E-state index contributed by atoms with van der Waals surface area (Å²) < 4.78 is 53.4. The van der Waals surface area contributed by atoms with Crippen LogP contribution in [0.2, 0.25) is 0 Å². The van der Waals surface area contributed by atoms with Crippen molar-refractivity contribution in [1.82, 2.24) is 0 Å². The molecule has 0 saturated carbocycles. The Bertz CT molecular complexity index is 1410. The highest BCUT2D eigenvalue weighted by atomic mass is 35.7. The van der Waals surface area contributed by atoms with Gasteiger partial charge in [-0.3, -0.25) is 25.0 Å². The van der Waals surface area contributed by atoms with Gasteiger partial charge in [-0.1, -0.05) is 24.3 Å². The fourth-order valence-corrected chi connectivity index (χ4v) is 4.78. The third-order valence-corrected chi connectivity index (χ3v) is 6.82. The predicted molar refractivity (Wildman–Crippen MR) is 123 cm³/mol. The molecule has 0 aliphatic rings. The maximum absolute atomic E-state index is 12.2. The Morgan fingerprint density at radius 2 is 1.21 bits per heavy atom. The van der Waals surface area contributed by atoms with Crippen LogP contribution in [0.1, 0.15) is 0 Å². The molecular weight excluding hydrogens is 514 g/mol. The van der Waals surface area contributed by atoms with Crippen molar-refractivity contribution in [3.8, 4) is 5.75 Å². The molecule has 0 aromatic heterocycles. The molecule has 180 valence electrons. The third kappa shape index (κ3) is 6.87. The molecule has 0 radical (unpaired) electrons. The van der Waals surface area contributed by atoms with Gasteiger partial charge < -0.3 is 4.74 Å². The number of nitro groups is 2. The van der Waals surface area contributed by atoms with E-state index in [0.29, 0.717) is 5.75 Å². The second-order valence-electron chi connectivity index (χ2n) is 6.22. The number of nitrogens with one attached hydrogen (secondary N) is 1. The number of anilines is 1. The Kier molecular flexibility index (Phi) is 8.51. The Morgan fingerprint density at radius 3 is 1.62 bits per heavy atom. The highest BCUT2D eigenvalue weighted by Crippen LogP contribution is 2.26. The first-order valence-corrected chi connectivity index (χ1v) is 12.7. The largest absolute Gasteiger partial charge is 0.497 e. The summed E-state index contributed by atoms with van der Waals surface area (Å²) in [5.41, 5.74) is -0.704. The molecule has 0 amide bonds. The van der Waals surface area contributed by atoms with E-state index in [1.165, 1.54) is 49.6 Å². The fourth-order valence-electron chi connectivity index (χ4n) is 2.52. The minimum atomic E-state index is -4.05. The number of rotatable bonds is 7. The van der Waals surface area contributed by atoms with Gasteiger partial charge in [-0.05, 0) is 36.4 Å². The molecule has 0 spiro atoms. The summed E-state index contributed by atoms with van der Waals surface area (Å²) in [5, 5.41) is 21.3. The molecule has 34 heavy (non-hydrogen) atoms. The molecule has 0 atom stereocenters. The van der Waals surface area contributed by atoms with E-state index in [4.69, 9.17) is 15.4 Å². The van der Waals surface area contributed by atoms with Crippen molar-refractivity contribution in [2.45, 2.75) is 9.79 Å². The first kappa shape index (κ1) is 26.5. The van der Waals surface area contributed by atoms with Crippen molar-refractivity contribution in [3.63, 3.8) is 0 Å². The number of sulfonamides is 1. The van der Waals surface area contributed by atoms with E-state index >= 15 is 0 Å². The number of halogens is 1. The summed E-state index contributed by atoms with van der Waals surface area (Å²) in [5.74, 6) is 0.573. The molecule has 3 aromatic rings. The second-order valence-corrected chi connectivity index (χ2v) is 10.4. The standard InChI is InChI=1S/C13H12N2O5S.C6H4ClNO4S/c1-20-11-8-6-10(7-9-11)14-21(18,19)13-5-3-2-4-12(13)15(16)17;7-13(11,12)6-4-2-1-3-5(6)8(9)10/h2-9,14H,1H3;1-4H. The molecule has 0 aliphatic heterocycles. The quantitative estimate of drug-likeness (QED) is 0.270. The third-order valence-electron chi connectivity index (χ3n) is 4.02. The minimum Gasteiger partial charge on any atom is -0.497 e. The number of hydrogen-bond acceptors (Lipinski definition) is 9. The summed E-state index contributed by atoms with van der Waals surface area (Å²) in [6.45, 7) is 0. The monoisotopic (exact) mass is 529 g/mol. The lowest BCUT2D eigenvalue weighted by Crippen LogP contribution is -2.14. The Hall–Kier alpha value is -3.75. The molecule has 12 nitrogen and oxygen atoms in total. The van der Waals surface area contributed by atoms with Crippen LogP contribution in [0.4, 0.5) is 17.1 Å². The van der Waals surface area contributed by atoms with Crippen LogP contribution >= 0.6 is 10.7 Å². The molecule has 0 aliphatic carbocycles. The first-order valence-electron chi connectivity index (χ1n) is 8.95. The zero-order valence-electron chi connectivity index (χ0n) is 17.2. The van der Waals surface area contributed by atoms with Gasteiger partial charge in [0.2, 0.25) is 0 Å². The lowest BCUT2D eigenvalue weighted by Gasteiger charge is -2.09. The lowest BCUT2D eigenvalue weighted by molar-refractivity contribution is -0.388. The second kappa shape index (κ2) is 10.9. The van der Waals surface area contributed by atoms with Crippen molar-refractivity contribution in [2.24, 2.45) is 0 Å². The van der Waals surface area contributed by atoms with Gasteiger partial charge in [0.15, 0.2) is 9.79 Å². The van der Waals surface area contributed by atoms with Gasteiger partial charge in [-0.15, -0.1) is 0 Å². The number of para-hydroxylation sites is 2. The van der Waals surface area contributed by atoms with Crippen LogP contribution in [0, 0.1) is 20.2 Å². The van der Waals surface area contributed by atoms with Gasteiger partial charge in [0.1, 0.15) is 5.75 Å². The van der Waals surface area contributed by atoms with Crippen LogP contribution in [-0.2, 0) is 19.1 Å². The molecular formula is C19H16ClN3O9S2. The van der Waals surface area contributed by atoms with Gasteiger partial charge >= 0.3 is 0 Å². The molecule has 0 unspecified atom stereocenters. The minimum absolute atomic E-state index is 0.286. The highest BCUT2D eigenvalue weighted by molar-refractivity contribution is 8.13. The van der Waals surface area contributed by atoms with Crippen molar-refractivity contribution in [1.29, 1.82) is 0 Å². The number of benzene rings is 3. The van der Waals surface area contributed by atoms with Crippen LogP contribution in [0.5, 0.6) is 5.75 Å². The molecule has 1 N–H and O–H groups in total. The SMILES string of the molecule is COc1ccc(NS(=O)(=O)c2ccccc2[N+](=O)[O-])cc1.O=[N+]([O-])c1ccccc1S(=O)(=O)Cl. The number of nitro benzene ring substituents is 2. The van der Waals surface area contributed by atoms with Crippen molar-refractivity contribution >= 4 is 46.8 Å². The number of methoxy groups -OCH3 is 1. The molecule has 0 fully saturated rings. The van der Waals surface area contributed by atoms with E-state index < -0.39 is 45.2 Å². The summed E-state index contributed by atoms with van der Waals surface area (Å²) in [6, 6.07) is 16.2. The van der Waals surface area contributed by atoms with E-state index in [2.05, 4.69) is 4.72 Å². The number of ether oxygens (including phenoxy) is 1. The highest BCUT2D eigenvalue weighted by Gasteiger charge is 2.25. The van der Waals surface area contributed by atoms with Gasteiger partial charge in [-0.2, -0.15) is 0 Å². The summed E-state index contributed by atoms with van der Waals surface area (Å²) >= 11 is 0.